The highest BCUT2D eigenvalue weighted by Crippen LogP contribution is 2.26. The summed E-state index contributed by atoms with van der Waals surface area (Å²) in [7, 11) is 0. The molecule has 0 spiro atoms. The van der Waals surface area contributed by atoms with Crippen molar-refractivity contribution in [1.29, 1.82) is 0 Å². The molecule has 0 aliphatic carbocycles. The standard InChI is InChI=1S/C20H26O5/c1-13(2)10-17-19(22)16(20(23)25-17)9-5-7-14(3)6-4-8-15-11-18(21)24-12-15/h6,9,11,17,19,22H,1,4-5,7-8,10,12H2,2-3H3/b14-6+,16-9+/t17-,19-/m0/s1. The van der Waals surface area contributed by atoms with Crippen LogP contribution in [0.3, 0.4) is 0 Å². The van der Waals surface area contributed by atoms with Gasteiger partial charge in [0.2, 0.25) is 0 Å². The van der Waals surface area contributed by atoms with Crippen LogP contribution in [-0.4, -0.2) is 35.9 Å². The Bertz CT molecular complexity index is 638. The number of cyclic esters (lactones) is 2. The summed E-state index contributed by atoms with van der Waals surface area (Å²) >= 11 is 0. The molecule has 0 bridgehead atoms. The number of esters is 2. The van der Waals surface area contributed by atoms with Crippen LogP contribution in [0.15, 0.2) is 47.1 Å². The fourth-order valence-corrected chi connectivity index (χ4v) is 2.91. The molecule has 0 unspecified atom stereocenters. The molecule has 0 amide bonds. The summed E-state index contributed by atoms with van der Waals surface area (Å²) in [4.78, 5) is 22.8. The van der Waals surface area contributed by atoms with Gasteiger partial charge in [-0.2, -0.15) is 0 Å². The third-order valence-electron chi connectivity index (χ3n) is 4.30. The van der Waals surface area contributed by atoms with E-state index in [9.17, 15) is 14.7 Å². The van der Waals surface area contributed by atoms with E-state index in [4.69, 9.17) is 9.47 Å². The second-order valence-corrected chi connectivity index (χ2v) is 6.75. The van der Waals surface area contributed by atoms with Crippen LogP contribution in [-0.2, 0) is 19.1 Å². The predicted octanol–water partition coefficient (Wildman–Crippen LogP) is 3.16. The summed E-state index contributed by atoms with van der Waals surface area (Å²) in [6.45, 7) is 8.08. The Morgan fingerprint density at radius 1 is 1.36 bits per heavy atom. The van der Waals surface area contributed by atoms with Crippen LogP contribution >= 0.6 is 0 Å². The van der Waals surface area contributed by atoms with E-state index in [0.717, 1.165) is 30.4 Å². The van der Waals surface area contributed by atoms with E-state index >= 15 is 0 Å². The van der Waals surface area contributed by atoms with Crippen molar-refractivity contribution in [3.05, 3.63) is 47.1 Å². The van der Waals surface area contributed by atoms with Gasteiger partial charge in [-0.3, -0.25) is 0 Å². The number of carbonyl (C=O) groups is 2. The van der Waals surface area contributed by atoms with Gasteiger partial charge in [-0.1, -0.05) is 29.9 Å². The minimum atomic E-state index is -0.875. The summed E-state index contributed by atoms with van der Waals surface area (Å²) in [5.41, 5.74) is 3.46. The maximum Gasteiger partial charge on any atom is 0.336 e. The van der Waals surface area contributed by atoms with Gasteiger partial charge in [0.25, 0.3) is 0 Å². The second-order valence-electron chi connectivity index (χ2n) is 6.75. The highest BCUT2D eigenvalue weighted by atomic mass is 16.6. The first-order chi connectivity index (χ1) is 11.9. The molecule has 136 valence electrons. The lowest BCUT2D eigenvalue weighted by molar-refractivity contribution is -0.139. The summed E-state index contributed by atoms with van der Waals surface area (Å²) in [5, 5.41) is 10.2. The van der Waals surface area contributed by atoms with E-state index in [1.807, 2.05) is 13.8 Å². The number of allylic oxidation sites excluding steroid dienone is 3. The van der Waals surface area contributed by atoms with Crippen LogP contribution in [0.25, 0.3) is 0 Å². The summed E-state index contributed by atoms with van der Waals surface area (Å²) < 4.78 is 10.1. The predicted molar refractivity (Wildman–Crippen MR) is 94.7 cm³/mol. The van der Waals surface area contributed by atoms with Gasteiger partial charge in [0.15, 0.2) is 0 Å². The van der Waals surface area contributed by atoms with Crippen LogP contribution in [0, 0.1) is 0 Å². The van der Waals surface area contributed by atoms with Crippen molar-refractivity contribution < 1.29 is 24.2 Å². The summed E-state index contributed by atoms with van der Waals surface area (Å²) in [6, 6.07) is 0. The Labute approximate surface area is 148 Å². The molecule has 2 heterocycles. The fraction of sp³-hybridized carbons (Fsp3) is 0.500. The average Bonchev–Trinajstić information content (AvgIpc) is 3.05. The maximum absolute atomic E-state index is 11.9. The molecular formula is C20H26O5. The molecule has 1 N–H and O–H groups in total. The number of hydrogen-bond donors (Lipinski definition) is 1. The average molecular weight is 346 g/mol. The molecule has 0 radical (unpaired) electrons. The molecule has 2 rings (SSSR count). The van der Waals surface area contributed by atoms with Gasteiger partial charge >= 0.3 is 11.9 Å². The molecule has 0 aromatic rings. The van der Waals surface area contributed by atoms with E-state index < -0.39 is 18.2 Å². The first kappa shape index (κ1) is 19.2. The van der Waals surface area contributed by atoms with Crippen molar-refractivity contribution in [1.82, 2.24) is 0 Å². The summed E-state index contributed by atoms with van der Waals surface area (Å²) in [5.74, 6) is -0.687. The maximum atomic E-state index is 11.9. The molecule has 0 saturated carbocycles. The zero-order chi connectivity index (χ0) is 18.4. The quantitative estimate of drug-likeness (QED) is 0.415. The van der Waals surface area contributed by atoms with Crippen molar-refractivity contribution in [3.63, 3.8) is 0 Å². The molecule has 0 aromatic heterocycles. The van der Waals surface area contributed by atoms with Gasteiger partial charge in [0.1, 0.15) is 18.8 Å². The number of aliphatic hydroxyl groups excluding tert-OH is 1. The first-order valence-electron chi connectivity index (χ1n) is 8.62. The van der Waals surface area contributed by atoms with Crippen LogP contribution in [0.2, 0.25) is 0 Å². The lowest BCUT2D eigenvalue weighted by Gasteiger charge is -2.12. The molecule has 5 nitrogen and oxygen atoms in total. The zero-order valence-electron chi connectivity index (χ0n) is 14.9. The third-order valence-corrected chi connectivity index (χ3v) is 4.30. The molecular weight excluding hydrogens is 320 g/mol. The molecule has 2 aliphatic heterocycles. The second kappa shape index (κ2) is 8.81. The number of aliphatic hydroxyl groups is 1. The monoisotopic (exact) mass is 346 g/mol. The highest BCUT2D eigenvalue weighted by Gasteiger charge is 2.37. The van der Waals surface area contributed by atoms with Crippen LogP contribution < -0.4 is 0 Å². The van der Waals surface area contributed by atoms with E-state index in [1.54, 1.807) is 12.2 Å². The van der Waals surface area contributed by atoms with Crippen molar-refractivity contribution in [2.24, 2.45) is 0 Å². The Kier molecular flexibility index (Phi) is 6.76. The molecule has 1 saturated heterocycles. The van der Waals surface area contributed by atoms with E-state index in [-0.39, 0.29) is 5.97 Å². The molecule has 0 aromatic carbocycles. The van der Waals surface area contributed by atoms with Crippen LogP contribution in [0.4, 0.5) is 0 Å². The fourth-order valence-electron chi connectivity index (χ4n) is 2.91. The smallest absolute Gasteiger partial charge is 0.336 e. The topological polar surface area (TPSA) is 72.8 Å². The Morgan fingerprint density at radius 3 is 2.76 bits per heavy atom. The summed E-state index contributed by atoms with van der Waals surface area (Å²) in [6.07, 6.45) is 7.71. The van der Waals surface area contributed by atoms with E-state index in [0.29, 0.717) is 25.0 Å². The molecule has 5 heteroatoms. The van der Waals surface area contributed by atoms with Crippen LogP contribution in [0.5, 0.6) is 0 Å². The molecule has 1 fully saturated rings. The first-order valence-corrected chi connectivity index (χ1v) is 8.62. The van der Waals surface area contributed by atoms with Crippen molar-refractivity contribution in [3.8, 4) is 0 Å². The Balaban J connectivity index is 1.78. The lowest BCUT2D eigenvalue weighted by atomic mass is 10.0. The van der Waals surface area contributed by atoms with Gasteiger partial charge < -0.3 is 14.6 Å². The van der Waals surface area contributed by atoms with Crippen LogP contribution in [0.1, 0.15) is 46.0 Å². The van der Waals surface area contributed by atoms with Gasteiger partial charge in [-0.25, -0.2) is 9.59 Å². The molecule has 2 atom stereocenters. The number of ether oxygens (including phenoxy) is 2. The normalized spacial score (nSPS) is 25.2. The SMILES string of the molecule is C=C(C)C[C@@H]1OC(=O)/C(=C/CC/C(C)=C/CCC2=CC(=O)OC2)[C@@H]1O. The number of hydrogen-bond acceptors (Lipinski definition) is 5. The molecule has 25 heavy (non-hydrogen) atoms. The van der Waals surface area contributed by atoms with E-state index in [2.05, 4.69) is 12.7 Å². The highest BCUT2D eigenvalue weighted by molar-refractivity contribution is 5.92. The number of carbonyl (C=O) groups excluding carboxylic acids is 2. The minimum absolute atomic E-state index is 0.255. The van der Waals surface area contributed by atoms with Gasteiger partial charge in [0, 0.05) is 12.5 Å². The van der Waals surface area contributed by atoms with Crippen molar-refractivity contribution >= 4 is 11.9 Å². The minimum Gasteiger partial charge on any atom is -0.458 e. The van der Waals surface area contributed by atoms with E-state index in [1.165, 1.54) is 5.57 Å². The Morgan fingerprint density at radius 2 is 2.12 bits per heavy atom. The van der Waals surface area contributed by atoms with Gasteiger partial charge in [0.05, 0.1) is 5.57 Å². The van der Waals surface area contributed by atoms with Crippen molar-refractivity contribution in [2.45, 2.75) is 58.2 Å². The largest absolute Gasteiger partial charge is 0.458 e. The lowest BCUT2D eigenvalue weighted by Crippen LogP contribution is -2.22. The van der Waals surface area contributed by atoms with Crippen molar-refractivity contribution in [2.75, 3.05) is 6.61 Å². The molecule has 2 aliphatic rings. The zero-order valence-corrected chi connectivity index (χ0v) is 14.9. The Hall–Kier alpha value is -2.14. The number of rotatable bonds is 8. The van der Waals surface area contributed by atoms with Gasteiger partial charge in [-0.05, 0) is 45.1 Å². The third kappa shape index (κ3) is 5.71. The van der Waals surface area contributed by atoms with Gasteiger partial charge in [-0.15, -0.1) is 0 Å².